The molecule has 2 unspecified atom stereocenters. The standard InChI is InChI=1S/C29H50GeN3P/c1-19(2)23-12-11-13-24(20(3)4)26(23)33(30)25-21-14-15-22(18-21)27(25)34-31(28(5,6)7)16-17-32(34)29(8,9)10/h11-13,19-22H,14-18H2,1-10,30H3/q-1/p+1. The molecule has 2 atom stereocenters. The number of anilines is 1. The Morgan fingerprint density at radius 2 is 1.32 bits per heavy atom. The van der Waals surface area contributed by atoms with Gasteiger partial charge in [-0.25, -0.2) is 0 Å². The zero-order chi connectivity index (χ0) is 25.2. The van der Waals surface area contributed by atoms with Gasteiger partial charge in [-0.2, -0.15) is 0 Å². The van der Waals surface area contributed by atoms with Gasteiger partial charge in [-0.05, 0) is 0 Å². The molecule has 5 heteroatoms. The van der Waals surface area contributed by atoms with Gasteiger partial charge in [0.2, 0.25) is 0 Å². The maximum atomic E-state index is 2.93. The Kier molecular flexibility index (Phi) is 7.47. The Balaban J connectivity index is 1.92. The van der Waals surface area contributed by atoms with Crippen molar-refractivity contribution in [1.29, 1.82) is 0 Å². The molecular formula is C29H51GeN3P. The van der Waals surface area contributed by atoms with Gasteiger partial charge in [0.1, 0.15) is 0 Å². The van der Waals surface area contributed by atoms with E-state index in [0.29, 0.717) is 28.6 Å². The van der Waals surface area contributed by atoms with Gasteiger partial charge in [-0.1, -0.05) is 0 Å². The van der Waals surface area contributed by atoms with Crippen LogP contribution in [0, 0.1) is 11.8 Å². The van der Waals surface area contributed by atoms with E-state index in [-0.39, 0.29) is 11.1 Å². The molecule has 1 aliphatic heterocycles. The van der Waals surface area contributed by atoms with E-state index in [1.807, 2.05) is 5.31 Å². The van der Waals surface area contributed by atoms with Gasteiger partial charge in [-0.15, -0.1) is 0 Å². The number of hydrogen-bond donors (Lipinski definition) is 0. The second-order valence-corrected chi connectivity index (χ2v) is 17.8. The molecule has 1 saturated heterocycles. The normalized spacial score (nSPS) is 25.1. The molecule has 0 aromatic heterocycles. The SMILES string of the molecule is CC(C)c1cccc(C(C)C)c1[N]([GeH3-])C1=C([PH+]2N(C(C)(C)C)CCN2C(C)(C)C)C2CCC1C2. The minimum absolute atomic E-state index is 0.215. The molecule has 1 aromatic rings. The van der Waals surface area contributed by atoms with E-state index in [9.17, 15) is 0 Å². The maximum absolute atomic E-state index is 2.93. The van der Waals surface area contributed by atoms with E-state index in [2.05, 4.69) is 101 Å². The number of hydrogen-bond acceptors (Lipinski definition) is 3. The summed E-state index contributed by atoms with van der Waals surface area (Å²) in [6.07, 6.45) is 4.22. The molecule has 0 radical (unpaired) electrons. The molecule has 1 heterocycles. The molecule has 34 heavy (non-hydrogen) atoms. The Morgan fingerprint density at radius 3 is 1.76 bits per heavy atom. The quantitative estimate of drug-likeness (QED) is 0.294. The number of nitrogens with zero attached hydrogens (tertiary/aromatic N) is 3. The second kappa shape index (κ2) is 9.51. The fourth-order valence-electron chi connectivity index (χ4n) is 6.85. The van der Waals surface area contributed by atoms with Crippen LogP contribution in [0.15, 0.2) is 29.2 Å². The van der Waals surface area contributed by atoms with Crippen LogP contribution in [0.25, 0.3) is 0 Å². The van der Waals surface area contributed by atoms with E-state index in [1.54, 1.807) is 22.5 Å². The zero-order valence-electron chi connectivity index (χ0n) is 23.9. The number of fused-ring (bicyclic) bond motifs is 2. The molecule has 1 saturated carbocycles. The number of benzene rings is 1. The van der Waals surface area contributed by atoms with Gasteiger partial charge in [0.25, 0.3) is 0 Å². The fraction of sp³-hybridized carbons (Fsp3) is 0.724. The topological polar surface area (TPSA) is 9.72 Å². The van der Waals surface area contributed by atoms with Crippen molar-refractivity contribution in [3.8, 4) is 0 Å². The first kappa shape index (κ1) is 26.7. The Hall–Kier alpha value is -0.347. The summed E-state index contributed by atoms with van der Waals surface area (Å²) in [4.78, 5) is 0. The van der Waals surface area contributed by atoms with Crippen molar-refractivity contribution in [2.75, 3.05) is 16.9 Å². The van der Waals surface area contributed by atoms with Crippen molar-refractivity contribution >= 4 is 30.6 Å². The molecule has 2 aliphatic carbocycles. The fourth-order valence-corrected chi connectivity index (χ4v) is 13.7. The van der Waals surface area contributed by atoms with Gasteiger partial charge in [0, 0.05) is 0 Å². The van der Waals surface area contributed by atoms with Crippen LogP contribution in [0.5, 0.6) is 0 Å². The molecule has 0 spiro atoms. The van der Waals surface area contributed by atoms with Crippen molar-refractivity contribution < 1.29 is 0 Å². The van der Waals surface area contributed by atoms with Gasteiger partial charge in [-0.3, -0.25) is 0 Å². The molecule has 3 aliphatic rings. The zero-order valence-corrected chi connectivity index (χ0v) is 29.1. The van der Waals surface area contributed by atoms with E-state index in [4.69, 9.17) is 0 Å². The first-order valence-corrected chi connectivity index (χ1v) is 17.0. The third-order valence-corrected chi connectivity index (χ3v) is 14.4. The Bertz CT molecular complexity index is 891. The summed E-state index contributed by atoms with van der Waals surface area (Å²) in [6, 6.07) is 7.12. The summed E-state index contributed by atoms with van der Waals surface area (Å²) >= 11 is 0.576. The van der Waals surface area contributed by atoms with Crippen molar-refractivity contribution in [1.82, 2.24) is 9.34 Å². The summed E-state index contributed by atoms with van der Waals surface area (Å²) in [5, 5.41) is 1.89. The third-order valence-electron chi connectivity index (χ3n) is 8.46. The van der Waals surface area contributed by atoms with Crippen LogP contribution in [0.4, 0.5) is 5.69 Å². The van der Waals surface area contributed by atoms with Crippen molar-refractivity contribution in [2.45, 2.75) is 111 Å². The van der Waals surface area contributed by atoms with Crippen LogP contribution >= 0.6 is 8.22 Å². The van der Waals surface area contributed by atoms with Gasteiger partial charge in [0.05, 0.1) is 0 Å². The number of para-hydroxylation sites is 1. The summed E-state index contributed by atoms with van der Waals surface area (Å²) in [6.45, 7) is 26.6. The molecule has 0 N–H and O–H groups in total. The first-order chi connectivity index (χ1) is 15.7. The van der Waals surface area contributed by atoms with E-state index >= 15 is 0 Å². The molecule has 3 nitrogen and oxygen atoms in total. The van der Waals surface area contributed by atoms with Gasteiger partial charge < -0.3 is 0 Å². The van der Waals surface area contributed by atoms with Crippen molar-refractivity contribution in [3.05, 3.63) is 40.3 Å². The monoisotopic (exact) mass is 546 g/mol. The van der Waals surface area contributed by atoms with Gasteiger partial charge >= 0.3 is 221 Å². The number of rotatable bonds is 5. The molecular weight excluding hydrogens is 494 g/mol. The van der Waals surface area contributed by atoms with Crippen LogP contribution in [-0.2, 0) is 0 Å². The molecule has 2 fully saturated rings. The van der Waals surface area contributed by atoms with E-state index in [1.165, 1.54) is 32.4 Å². The van der Waals surface area contributed by atoms with E-state index < -0.39 is 8.22 Å². The number of allylic oxidation sites excluding steroid dienone is 2. The van der Waals surface area contributed by atoms with Crippen LogP contribution in [-0.4, -0.2) is 50.2 Å². The molecule has 1 aromatic carbocycles. The summed E-state index contributed by atoms with van der Waals surface area (Å²) in [5.74, 6) is 2.69. The minimum atomic E-state index is -0.942. The first-order valence-electron chi connectivity index (χ1n) is 13.8. The van der Waals surface area contributed by atoms with Gasteiger partial charge in [0.15, 0.2) is 0 Å². The van der Waals surface area contributed by atoms with Crippen molar-refractivity contribution in [3.63, 3.8) is 0 Å². The average molecular weight is 545 g/mol. The van der Waals surface area contributed by atoms with Crippen LogP contribution in [0.2, 0.25) is 0 Å². The predicted molar refractivity (Wildman–Crippen MR) is 156 cm³/mol. The molecule has 4 rings (SSSR count). The van der Waals surface area contributed by atoms with Crippen LogP contribution in [0.1, 0.15) is 111 Å². The second-order valence-electron chi connectivity index (χ2n) is 13.6. The molecule has 0 amide bonds. The van der Waals surface area contributed by atoms with E-state index in [0.717, 1.165) is 11.8 Å². The summed E-state index contributed by atoms with van der Waals surface area (Å²) in [5.41, 5.74) is 6.90. The Labute approximate surface area is 220 Å². The Morgan fingerprint density at radius 1 is 0.853 bits per heavy atom. The molecule has 191 valence electrons. The average Bonchev–Trinajstić information content (AvgIpc) is 3.45. The third kappa shape index (κ3) is 4.69. The summed E-state index contributed by atoms with van der Waals surface area (Å²) in [7, 11) is -0.942. The van der Waals surface area contributed by atoms with Crippen LogP contribution in [0.3, 0.4) is 0 Å². The van der Waals surface area contributed by atoms with Crippen LogP contribution < -0.4 is 3.86 Å². The summed E-state index contributed by atoms with van der Waals surface area (Å²) < 4.78 is 8.74. The van der Waals surface area contributed by atoms with Crippen molar-refractivity contribution in [2.24, 2.45) is 11.8 Å². The molecule has 2 bridgehead atoms. The predicted octanol–water partition coefficient (Wildman–Crippen LogP) is 6.92.